The largest absolute Gasteiger partial charge is 0.347 e. The Balaban J connectivity index is 1.84. The highest BCUT2D eigenvalue weighted by atomic mass is 16.9. The Morgan fingerprint density at radius 3 is 2.31 bits per heavy atom. The molecule has 0 aliphatic carbocycles. The maximum Gasteiger partial charge on any atom is 0.190 e. The van der Waals surface area contributed by atoms with E-state index in [1.165, 1.54) is 0 Å². The van der Waals surface area contributed by atoms with Crippen LogP contribution in [0, 0.1) is 0 Å². The van der Waals surface area contributed by atoms with Crippen LogP contribution in [0.15, 0.2) is 0 Å². The average Bonchev–Trinajstić information content (AvgIpc) is 2.69. The van der Waals surface area contributed by atoms with Crippen LogP contribution < -0.4 is 0 Å². The third kappa shape index (κ3) is 1.50. The van der Waals surface area contributed by atoms with E-state index in [1.54, 1.807) is 0 Å². The van der Waals surface area contributed by atoms with Crippen LogP contribution in [0.25, 0.3) is 0 Å². The van der Waals surface area contributed by atoms with Gasteiger partial charge in [0.1, 0.15) is 11.7 Å². The minimum absolute atomic E-state index is 0.204. The topological polar surface area (TPSA) is 46.2 Å². The van der Waals surface area contributed by atoms with Gasteiger partial charge in [0.2, 0.25) is 0 Å². The van der Waals surface area contributed by atoms with Crippen molar-refractivity contribution in [1.29, 1.82) is 0 Å². The Kier molecular flexibility index (Phi) is 2.03. The molecule has 0 aromatic heterocycles. The first-order valence-corrected chi connectivity index (χ1v) is 5.63. The molecule has 3 aliphatic rings. The second kappa shape index (κ2) is 2.97. The number of hydrogen-bond donors (Lipinski definition) is 0. The molecule has 3 aliphatic heterocycles. The van der Waals surface area contributed by atoms with Gasteiger partial charge < -0.3 is 23.7 Å². The number of fused-ring (bicyclic) bond motifs is 2. The lowest BCUT2D eigenvalue weighted by atomic mass is 10.0. The first-order chi connectivity index (χ1) is 7.32. The third-order valence-electron chi connectivity index (χ3n) is 3.18. The first kappa shape index (κ1) is 10.9. The molecule has 3 saturated heterocycles. The smallest absolute Gasteiger partial charge is 0.190 e. The van der Waals surface area contributed by atoms with Crippen molar-refractivity contribution in [2.45, 2.75) is 57.3 Å². The van der Waals surface area contributed by atoms with E-state index >= 15 is 0 Å². The molecule has 5 heteroatoms. The van der Waals surface area contributed by atoms with Gasteiger partial charge in [0.05, 0.1) is 13.2 Å². The van der Waals surface area contributed by atoms with Gasteiger partial charge in [0.25, 0.3) is 0 Å². The van der Waals surface area contributed by atoms with Crippen molar-refractivity contribution in [2.75, 3.05) is 13.2 Å². The fraction of sp³-hybridized carbons (Fsp3) is 1.00. The summed E-state index contributed by atoms with van der Waals surface area (Å²) in [4.78, 5) is 0. The average molecular weight is 230 g/mol. The number of hydrogen-bond acceptors (Lipinski definition) is 5. The summed E-state index contributed by atoms with van der Waals surface area (Å²) in [5.74, 6) is -1.19. The highest BCUT2D eigenvalue weighted by Crippen LogP contribution is 2.46. The molecule has 0 bridgehead atoms. The van der Waals surface area contributed by atoms with E-state index < -0.39 is 17.2 Å². The molecule has 0 N–H and O–H groups in total. The molecule has 0 aromatic carbocycles. The van der Waals surface area contributed by atoms with Crippen LogP contribution in [0.1, 0.15) is 27.7 Å². The lowest BCUT2D eigenvalue weighted by Gasteiger charge is -2.28. The van der Waals surface area contributed by atoms with Crippen molar-refractivity contribution in [3.8, 4) is 0 Å². The minimum atomic E-state index is -0.612. The molecular weight excluding hydrogens is 212 g/mol. The van der Waals surface area contributed by atoms with Gasteiger partial charge in [-0.1, -0.05) is 0 Å². The van der Waals surface area contributed by atoms with E-state index in [2.05, 4.69) is 0 Å². The van der Waals surface area contributed by atoms with Gasteiger partial charge in [-0.05, 0) is 27.7 Å². The second-order valence-electron chi connectivity index (χ2n) is 5.59. The van der Waals surface area contributed by atoms with E-state index in [9.17, 15) is 0 Å². The Morgan fingerprint density at radius 2 is 1.69 bits per heavy atom. The van der Waals surface area contributed by atoms with Crippen LogP contribution in [0.3, 0.4) is 0 Å². The Hall–Kier alpha value is -0.200. The number of ether oxygens (including phenoxy) is 5. The maximum absolute atomic E-state index is 5.95. The van der Waals surface area contributed by atoms with E-state index in [4.69, 9.17) is 23.7 Å². The molecule has 0 radical (unpaired) electrons. The van der Waals surface area contributed by atoms with Gasteiger partial charge in [-0.25, -0.2) is 0 Å². The molecule has 3 heterocycles. The standard InChI is InChI=1S/C11H18O5/c1-9(2)13-6-11(16-9)5-12-8-7(11)14-10(3,4)15-8/h7-8H,5-6H2,1-4H3/t7-,8-,11+/m1/s1. The molecule has 16 heavy (non-hydrogen) atoms. The molecule has 0 unspecified atom stereocenters. The van der Waals surface area contributed by atoms with Crippen LogP contribution in [-0.4, -0.2) is 42.8 Å². The van der Waals surface area contributed by atoms with Gasteiger partial charge in [0, 0.05) is 0 Å². The van der Waals surface area contributed by atoms with Crippen molar-refractivity contribution < 1.29 is 23.7 Å². The highest BCUT2D eigenvalue weighted by molar-refractivity contribution is 5.03. The zero-order valence-corrected chi connectivity index (χ0v) is 10.1. The summed E-state index contributed by atoms with van der Waals surface area (Å²) in [6.45, 7) is 8.50. The first-order valence-electron chi connectivity index (χ1n) is 5.63. The lowest BCUT2D eigenvalue weighted by molar-refractivity contribution is -0.225. The van der Waals surface area contributed by atoms with Crippen LogP contribution in [0.2, 0.25) is 0 Å². The second-order valence-corrected chi connectivity index (χ2v) is 5.59. The van der Waals surface area contributed by atoms with Crippen molar-refractivity contribution in [3.63, 3.8) is 0 Å². The van der Waals surface area contributed by atoms with Crippen LogP contribution >= 0.6 is 0 Å². The summed E-state index contributed by atoms with van der Waals surface area (Å²) in [5.41, 5.74) is -0.512. The zero-order valence-electron chi connectivity index (χ0n) is 10.1. The van der Waals surface area contributed by atoms with Crippen LogP contribution in [0.4, 0.5) is 0 Å². The molecule has 1 spiro atoms. The maximum atomic E-state index is 5.95. The molecule has 0 aromatic rings. The Bertz CT molecular complexity index is 311. The predicted octanol–water partition coefficient (Wildman–Crippen LogP) is 1.02. The molecule has 0 saturated carbocycles. The van der Waals surface area contributed by atoms with Gasteiger partial charge >= 0.3 is 0 Å². The van der Waals surface area contributed by atoms with Gasteiger partial charge in [-0.15, -0.1) is 0 Å². The summed E-state index contributed by atoms with van der Waals surface area (Å²) in [6, 6.07) is 0. The Morgan fingerprint density at radius 1 is 0.938 bits per heavy atom. The van der Waals surface area contributed by atoms with Gasteiger partial charge in [0.15, 0.2) is 17.9 Å². The number of rotatable bonds is 0. The summed E-state index contributed by atoms with van der Waals surface area (Å²) in [6.07, 6.45) is -0.545. The zero-order chi connectivity index (χ0) is 11.6. The Labute approximate surface area is 94.9 Å². The summed E-state index contributed by atoms with van der Waals surface area (Å²) < 4.78 is 28.7. The molecular formula is C11H18O5. The molecule has 3 atom stereocenters. The van der Waals surface area contributed by atoms with E-state index in [1.807, 2.05) is 27.7 Å². The molecule has 3 rings (SSSR count). The van der Waals surface area contributed by atoms with Crippen molar-refractivity contribution in [3.05, 3.63) is 0 Å². The van der Waals surface area contributed by atoms with E-state index in [-0.39, 0.29) is 12.4 Å². The van der Waals surface area contributed by atoms with Crippen LogP contribution in [-0.2, 0) is 23.7 Å². The quantitative estimate of drug-likeness (QED) is 0.621. The lowest BCUT2D eigenvalue weighted by Crippen LogP contribution is -2.47. The predicted molar refractivity (Wildman–Crippen MR) is 53.6 cm³/mol. The van der Waals surface area contributed by atoms with Gasteiger partial charge in [-0.3, -0.25) is 0 Å². The van der Waals surface area contributed by atoms with E-state index in [0.717, 1.165) is 0 Å². The monoisotopic (exact) mass is 230 g/mol. The SMILES string of the molecule is CC1(C)O[C@H]2OC[C@]3(COC(C)(C)O3)[C@@H]2O1. The summed E-state index contributed by atoms with van der Waals surface area (Å²) >= 11 is 0. The fourth-order valence-corrected chi connectivity index (χ4v) is 2.57. The summed E-state index contributed by atoms with van der Waals surface area (Å²) in [7, 11) is 0. The van der Waals surface area contributed by atoms with Crippen molar-refractivity contribution in [2.24, 2.45) is 0 Å². The van der Waals surface area contributed by atoms with E-state index in [0.29, 0.717) is 13.2 Å². The minimum Gasteiger partial charge on any atom is -0.347 e. The van der Waals surface area contributed by atoms with Crippen molar-refractivity contribution >= 4 is 0 Å². The molecule has 92 valence electrons. The van der Waals surface area contributed by atoms with Crippen molar-refractivity contribution in [1.82, 2.24) is 0 Å². The molecule has 5 nitrogen and oxygen atoms in total. The summed E-state index contributed by atoms with van der Waals surface area (Å²) in [5, 5.41) is 0. The van der Waals surface area contributed by atoms with Gasteiger partial charge in [-0.2, -0.15) is 0 Å². The fourth-order valence-electron chi connectivity index (χ4n) is 2.57. The normalized spacial score (nSPS) is 48.8. The molecule has 0 amide bonds. The van der Waals surface area contributed by atoms with Crippen LogP contribution in [0.5, 0.6) is 0 Å². The molecule has 3 fully saturated rings. The third-order valence-corrected chi connectivity index (χ3v) is 3.18. The highest BCUT2D eigenvalue weighted by Gasteiger charge is 2.64.